The summed E-state index contributed by atoms with van der Waals surface area (Å²) in [4.78, 5) is 39.8. The molecule has 0 aliphatic rings. The van der Waals surface area contributed by atoms with E-state index in [1.54, 1.807) is 12.3 Å². The van der Waals surface area contributed by atoms with Crippen molar-refractivity contribution in [2.75, 3.05) is 27.4 Å². The molecule has 28 heavy (non-hydrogen) atoms. The number of amides is 2. The number of aromatic nitrogens is 2. The second-order valence-electron chi connectivity index (χ2n) is 5.95. The molecule has 0 saturated heterocycles. The third-order valence-electron chi connectivity index (χ3n) is 3.62. The van der Waals surface area contributed by atoms with E-state index in [4.69, 9.17) is 9.47 Å². The highest BCUT2D eigenvalue weighted by molar-refractivity contribution is 5.74. The number of hydrogen-bond donors (Lipinski definition) is 2. The first-order valence-corrected chi connectivity index (χ1v) is 9.38. The molecule has 0 aliphatic carbocycles. The fourth-order valence-electron chi connectivity index (χ4n) is 2.27. The topological polar surface area (TPSA) is 121 Å². The average molecular weight is 398 g/mol. The van der Waals surface area contributed by atoms with E-state index in [1.165, 1.54) is 14.2 Å². The second kappa shape index (κ2) is 15.6. The molecule has 1 rings (SSSR count). The summed E-state index contributed by atoms with van der Waals surface area (Å²) in [7, 11) is 2.82. The van der Waals surface area contributed by atoms with E-state index >= 15 is 0 Å². The largest absolute Gasteiger partial charge is 0.478 e. The van der Waals surface area contributed by atoms with Gasteiger partial charge in [-0.05, 0) is 38.5 Å². The summed E-state index contributed by atoms with van der Waals surface area (Å²) in [5.41, 5.74) is 4.56. The van der Waals surface area contributed by atoms with Gasteiger partial charge >= 0.3 is 6.01 Å². The lowest BCUT2D eigenvalue weighted by Gasteiger charge is -2.08. The number of rotatable bonds is 16. The summed E-state index contributed by atoms with van der Waals surface area (Å²) < 4.78 is 11.1. The minimum absolute atomic E-state index is 0.126. The van der Waals surface area contributed by atoms with Gasteiger partial charge in [-0.15, -0.1) is 0 Å². The van der Waals surface area contributed by atoms with Crippen molar-refractivity contribution in [2.45, 2.75) is 51.4 Å². The van der Waals surface area contributed by atoms with Crippen molar-refractivity contribution in [3.8, 4) is 11.9 Å². The highest BCUT2D eigenvalue weighted by Crippen LogP contribution is 2.12. The molecule has 1 aromatic rings. The van der Waals surface area contributed by atoms with Gasteiger partial charge in [0.15, 0.2) is 0 Å². The summed E-state index contributed by atoms with van der Waals surface area (Å²) in [6.45, 7) is 0.977. The third kappa shape index (κ3) is 12.0. The molecule has 0 bridgehead atoms. The summed E-state index contributed by atoms with van der Waals surface area (Å²) in [6.07, 6.45) is 7.30. The van der Waals surface area contributed by atoms with E-state index in [-0.39, 0.29) is 17.8 Å². The van der Waals surface area contributed by atoms with E-state index in [1.807, 2.05) is 0 Å². The summed E-state index contributed by atoms with van der Waals surface area (Å²) in [5, 5.41) is 0. The number of nitrogens with one attached hydrogen (secondary N) is 2. The Kier molecular flexibility index (Phi) is 13.1. The smallest absolute Gasteiger partial charge is 0.319 e. The number of unbranched alkanes of at least 4 members (excludes halogenated alkanes) is 4. The van der Waals surface area contributed by atoms with E-state index in [0.29, 0.717) is 31.9 Å². The van der Waals surface area contributed by atoms with Crippen LogP contribution < -0.4 is 20.4 Å². The standard InChI is InChI=1S/C18H30N4O6/c1-25-21-15(23)9-5-3-7-13-27-17-11-12-19-18(20-17)28-14-8-4-6-10-16(24)22-26-2/h11-12H,3-10,13-14H2,1-2H3,(H,21,23)(H,22,24). The van der Waals surface area contributed by atoms with Crippen LogP contribution in [0.3, 0.4) is 0 Å². The Labute approximate surface area is 165 Å². The van der Waals surface area contributed by atoms with Gasteiger partial charge in [0.1, 0.15) is 0 Å². The molecule has 0 radical (unpaired) electrons. The van der Waals surface area contributed by atoms with Crippen LogP contribution in [-0.4, -0.2) is 49.2 Å². The van der Waals surface area contributed by atoms with Crippen molar-refractivity contribution in [3.63, 3.8) is 0 Å². The molecule has 10 heteroatoms. The maximum atomic E-state index is 11.2. The maximum Gasteiger partial charge on any atom is 0.319 e. The summed E-state index contributed by atoms with van der Waals surface area (Å²) in [5.74, 6) is 0.201. The van der Waals surface area contributed by atoms with E-state index in [2.05, 4.69) is 30.6 Å². The molecule has 0 fully saturated rings. The van der Waals surface area contributed by atoms with Gasteiger partial charge in [0, 0.05) is 25.1 Å². The predicted octanol–water partition coefficient (Wildman–Crippen LogP) is 1.71. The molecule has 1 heterocycles. The average Bonchev–Trinajstić information content (AvgIpc) is 2.68. The van der Waals surface area contributed by atoms with Crippen LogP contribution in [0.2, 0.25) is 0 Å². The Morgan fingerprint density at radius 1 is 0.857 bits per heavy atom. The third-order valence-corrected chi connectivity index (χ3v) is 3.62. The van der Waals surface area contributed by atoms with E-state index in [0.717, 1.165) is 38.5 Å². The van der Waals surface area contributed by atoms with Crippen LogP contribution in [0, 0.1) is 0 Å². The lowest BCUT2D eigenvalue weighted by molar-refractivity contribution is -0.132. The van der Waals surface area contributed by atoms with Crippen LogP contribution in [0.4, 0.5) is 0 Å². The number of nitrogens with zero attached hydrogens (tertiary/aromatic N) is 2. The van der Waals surface area contributed by atoms with Gasteiger partial charge in [-0.1, -0.05) is 0 Å². The number of ether oxygens (including phenoxy) is 2. The van der Waals surface area contributed by atoms with Gasteiger partial charge in [0.05, 0.1) is 27.4 Å². The van der Waals surface area contributed by atoms with E-state index in [9.17, 15) is 9.59 Å². The van der Waals surface area contributed by atoms with E-state index < -0.39 is 0 Å². The Balaban J connectivity index is 2.10. The van der Waals surface area contributed by atoms with Gasteiger partial charge in [0.25, 0.3) is 0 Å². The second-order valence-corrected chi connectivity index (χ2v) is 5.95. The minimum Gasteiger partial charge on any atom is -0.478 e. The zero-order valence-electron chi connectivity index (χ0n) is 16.6. The Bertz CT molecular complexity index is 528. The van der Waals surface area contributed by atoms with Crippen LogP contribution in [0.15, 0.2) is 12.3 Å². The van der Waals surface area contributed by atoms with Crippen molar-refractivity contribution in [2.24, 2.45) is 0 Å². The van der Waals surface area contributed by atoms with Gasteiger partial charge in [0.2, 0.25) is 17.7 Å². The van der Waals surface area contributed by atoms with Crippen LogP contribution >= 0.6 is 0 Å². The number of hydroxylamine groups is 2. The number of carbonyl (C=O) groups is 2. The molecule has 2 N–H and O–H groups in total. The molecule has 0 unspecified atom stereocenters. The lowest BCUT2D eigenvalue weighted by atomic mass is 10.2. The van der Waals surface area contributed by atoms with Crippen LogP contribution in [-0.2, 0) is 19.3 Å². The zero-order valence-corrected chi connectivity index (χ0v) is 16.6. The van der Waals surface area contributed by atoms with Crippen LogP contribution in [0.25, 0.3) is 0 Å². The Morgan fingerprint density at radius 2 is 1.43 bits per heavy atom. The number of carbonyl (C=O) groups excluding carboxylic acids is 2. The molecule has 0 aromatic carbocycles. The van der Waals surface area contributed by atoms with Crippen molar-refractivity contribution < 1.29 is 28.7 Å². The van der Waals surface area contributed by atoms with Crippen molar-refractivity contribution >= 4 is 11.8 Å². The molecule has 10 nitrogen and oxygen atoms in total. The van der Waals surface area contributed by atoms with Crippen LogP contribution in [0.5, 0.6) is 11.9 Å². The molecule has 2 amide bonds. The normalized spacial score (nSPS) is 10.4. The van der Waals surface area contributed by atoms with Crippen molar-refractivity contribution in [3.05, 3.63) is 12.3 Å². The molecular weight excluding hydrogens is 368 g/mol. The highest BCUT2D eigenvalue weighted by Gasteiger charge is 2.04. The lowest BCUT2D eigenvalue weighted by Crippen LogP contribution is -2.21. The molecule has 158 valence electrons. The molecule has 0 atom stereocenters. The predicted molar refractivity (Wildman–Crippen MR) is 100 cm³/mol. The summed E-state index contributed by atoms with van der Waals surface area (Å²) >= 11 is 0. The monoisotopic (exact) mass is 398 g/mol. The van der Waals surface area contributed by atoms with Crippen molar-refractivity contribution in [1.29, 1.82) is 0 Å². The van der Waals surface area contributed by atoms with Crippen molar-refractivity contribution in [1.82, 2.24) is 20.9 Å². The highest BCUT2D eigenvalue weighted by atomic mass is 16.6. The quantitative estimate of drug-likeness (QED) is 0.319. The number of hydrogen-bond acceptors (Lipinski definition) is 8. The fraction of sp³-hybridized carbons (Fsp3) is 0.667. The molecule has 0 spiro atoms. The first-order valence-electron chi connectivity index (χ1n) is 9.38. The molecule has 0 saturated carbocycles. The van der Waals surface area contributed by atoms with Gasteiger partial charge in [-0.3, -0.25) is 19.3 Å². The zero-order chi connectivity index (χ0) is 20.5. The van der Waals surface area contributed by atoms with Gasteiger partial charge in [-0.2, -0.15) is 4.98 Å². The molecule has 1 aromatic heterocycles. The molecule has 0 aliphatic heterocycles. The first kappa shape index (κ1) is 23.6. The SMILES string of the molecule is CONC(=O)CCCCCOc1ccnc(OCCCCCC(=O)NOC)n1. The Morgan fingerprint density at radius 3 is 2.00 bits per heavy atom. The minimum atomic E-state index is -0.130. The van der Waals surface area contributed by atoms with Gasteiger partial charge in [-0.25, -0.2) is 15.9 Å². The first-order chi connectivity index (χ1) is 13.7. The van der Waals surface area contributed by atoms with Crippen LogP contribution in [0.1, 0.15) is 51.4 Å². The summed E-state index contributed by atoms with van der Waals surface area (Å²) in [6, 6.07) is 1.94. The van der Waals surface area contributed by atoms with Gasteiger partial charge < -0.3 is 9.47 Å². The molecular formula is C18H30N4O6. The Hall–Kier alpha value is -2.46. The maximum absolute atomic E-state index is 11.2. The fourth-order valence-corrected chi connectivity index (χ4v) is 2.27.